The molecule has 0 bridgehead atoms. The van der Waals surface area contributed by atoms with Crippen LogP contribution < -0.4 is 0 Å². The van der Waals surface area contributed by atoms with Gasteiger partial charge < -0.3 is 29.3 Å². The van der Waals surface area contributed by atoms with Crippen molar-refractivity contribution in [3.05, 3.63) is 0 Å². The Morgan fingerprint density at radius 3 is 2.36 bits per heavy atom. The second kappa shape index (κ2) is 9.33. The highest BCUT2D eigenvalue weighted by Crippen LogP contribution is 2.89. The van der Waals surface area contributed by atoms with Crippen LogP contribution in [0.15, 0.2) is 0 Å². The van der Waals surface area contributed by atoms with Crippen LogP contribution >= 0.6 is 0 Å². The molecule has 2 spiro atoms. The summed E-state index contributed by atoms with van der Waals surface area (Å²) in [4.78, 5) is 14.9. The Bertz CT molecular complexity index is 1100. The average Bonchev–Trinajstić information content (AvgIpc) is 3.54. The van der Waals surface area contributed by atoms with Crippen LogP contribution in [0.2, 0.25) is 0 Å². The van der Waals surface area contributed by atoms with Gasteiger partial charge in [0.2, 0.25) is 0 Å². The van der Waals surface area contributed by atoms with E-state index in [2.05, 4.69) is 34.6 Å². The second-order valence-electron chi connectivity index (χ2n) is 17.6. The molecule has 42 heavy (non-hydrogen) atoms. The highest BCUT2D eigenvalue weighted by atomic mass is 16.6. The molecule has 7 aliphatic rings. The minimum Gasteiger partial charge on any atom is -0.446 e. The fraction of sp³-hybridized carbons (Fsp3) is 0.971. The van der Waals surface area contributed by atoms with Crippen LogP contribution in [0, 0.1) is 50.7 Å². The number of carbonyl (C=O) groups is 1. The van der Waals surface area contributed by atoms with Crippen LogP contribution in [-0.4, -0.2) is 77.5 Å². The molecule has 12 atom stereocenters. The minimum atomic E-state index is -0.771. The van der Waals surface area contributed by atoms with E-state index in [0.717, 1.165) is 38.5 Å². The average molecular weight is 588 g/mol. The summed E-state index contributed by atoms with van der Waals surface area (Å²) >= 11 is 0. The maximum atomic E-state index is 13.1. The SMILES string of the molecule is C[C@@H]1C[C@H](CC(C)(C)O)O[C@H]2[C@H]1[C@@]1(C)CC[C@@]34C[C@@]35CC[C@H](OC(=O)N3CCOCC3)C(C)(C)[C@@H]5CC[C@H]4[C@]1(C)[C@H]2O. The zero-order valence-corrected chi connectivity index (χ0v) is 27.3. The standard InChI is InChI=1S/C35H57NO6/c1-21-18-22(19-30(2,3)39)41-27-26(21)32(6)12-13-35-20-34(35)11-10-25(42-29(38)36-14-16-40-17-15-36)31(4,5)23(34)8-9-24(35)33(32,7)28(27)37/h21-28,37,39H,8-20H2,1-7H3/t21-,22-,23+,24+,25+,26+,27+,28+,32-,33-,34-,35+/m1/s1. The van der Waals surface area contributed by atoms with Crippen LogP contribution in [0.5, 0.6) is 0 Å². The number of aliphatic hydroxyl groups is 2. The topological polar surface area (TPSA) is 88.5 Å². The van der Waals surface area contributed by atoms with Gasteiger partial charge in [-0.1, -0.05) is 34.6 Å². The summed E-state index contributed by atoms with van der Waals surface area (Å²) in [5.74, 6) is 1.85. The second-order valence-corrected chi connectivity index (χ2v) is 17.6. The molecule has 0 aromatic carbocycles. The molecular weight excluding hydrogens is 530 g/mol. The smallest absolute Gasteiger partial charge is 0.410 e. The fourth-order valence-corrected chi connectivity index (χ4v) is 13.2. The molecule has 0 aromatic heterocycles. The van der Waals surface area contributed by atoms with Crippen LogP contribution in [0.1, 0.15) is 106 Å². The predicted octanol–water partition coefficient (Wildman–Crippen LogP) is 5.80. The molecule has 2 aliphatic heterocycles. The van der Waals surface area contributed by atoms with Crippen LogP contribution in [0.3, 0.4) is 0 Å². The first kappa shape index (κ1) is 29.8. The number of morpholine rings is 1. The molecule has 5 saturated carbocycles. The van der Waals surface area contributed by atoms with E-state index in [4.69, 9.17) is 14.2 Å². The van der Waals surface area contributed by atoms with E-state index < -0.39 is 11.7 Å². The number of aliphatic hydroxyl groups excluding tert-OH is 1. The van der Waals surface area contributed by atoms with Crippen molar-refractivity contribution in [1.82, 2.24) is 4.90 Å². The first-order valence-corrected chi connectivity index (χ1v) is 17.2. The van der Waals surface area contributed by atoms with Crippen molar-refractivity contribution >= 4 is 6.09 Å². The zero-order valence-electron chi connectivity index (χ0n) is 27.3. The monoisotopic (exact) mass is 587 g/mol. The lowest BCUT2D eigenvalue weighted by Gasteiger charge is -2.63. The maximum Gasteiger partial charge on any atom is 0.410 e. The summed E-state index contributed by atoms with van der Waals surface area (Å²) in [7, 11) is 0. The third-order valence-corrected chi connectivity index (χ3v) is 15.1. The van der Waals surface area contributed by atoms with E-state index >= 15 is 0 Å². The lowest BCUT2D eigenvalue weighted by atomic mass is 9.41. The molecule has 0 unspecified atom stereocenters. The summed E-state index contributed by atoms with van der Waals surface area (Å²) in [6.45, 7) is 18.2. The molecule has 2 N–H and O–H groups in total. The summed E-state index contributed by atoms with van der Waals surface area (Å²) < 4.78 is 18.5. The van der Waals surface area contributed by atoms with E-state index in [0.29, 0.717) is 61.8 Å². The number of amides is 1. The Labute approximate surface area is 253 Å². The Morgan fingerprint density at radius 2 is 1.67 bits per heavy atom. The molecular formula is C35H57NO6. The Kier molecular flexibility index (Phi) is 6.62. The Balaban J connectivity index is 1.14. The lowest BCUT2D eigenvalue weighted by Crippen LogP contribution is -2.60. The van der Waals surface area contributed by atoms with Gasteiger partial charge in [0.15, 0.2) is 0 Å². The van der Waals surface area contributed by atoms with Gasteiger partial charge in [0.05, 0.1) is 37.1 Å². The molecule has 7 nitrogen and oxygen atoms in total. The van der Waals surface area contributed by atoms with Gasteiger partial charge in [-0.25, -0.2) is 4.79 Å². The van der Waals surface area contributed by atoms with Gasteiger partial charge in [-0.15, -0.1) is 0 Å². The first-order valence-electron chi connectivity index (χ1n) is 17.2. The van der Waals surface area contributed by atoms with Crippen molar-refractivity contribution in [1.29, 1.82) is 0 Å². The summed E-state index contributed by atoms with van der Waals surface area (Å²) in [6.07, 6.45) is 8.78. The van der Waals surface area contributed by atoms with Crippen molar-refractivity contribution < 1.29 is 29.2 Å². The van der Waals surface area contributed by atoms with Crippen LogP contribution in [0.4, 0.5) is 4.79 Å². The van der Waals surface area contributed by atoms with E-state index in [9.17, 15) is 15.0 Å². The zero-order chi connectivity index (χ0) is 30.1. The van der Waals surface area contributed by atoms with Crippen molar-refractivity contribution in [2.24, 2.45) is 50.7 Å². The van der Waals surface area contributed by atoms with Gasteiger partial charge in [0.25, 0.3) is 0 Å². The van der Waals surface area contributed by atoms with Crippen molar-refractivity contribution in [2.75, 3.05) is 26.3 Å². The van der Waals surface area contributed by atoms with Crippen molar-refractivity contribution in [2.45, 2.75) is 136 Å². The molecule has 7 fully saturated rings. The molecule has 7 heteroatoms. The normalized spacial score (nSPS) is 52.7. The van der Waals surface area contributed by atoms with Crippen LogP contribution in [0.25, 0.3) is 0 Å². The number of nitrogens with zero attached hydrogens (tertiary/aromatic N) is 1. The van der Waals surface area contributed by atoms with Gasteiger partial charge in [-0.05, 0) is 105 Å². The predicted molar refractivity (Wildman–Crippen MR) is 160 cm³/mol. The number of rotatable bonds is 3. The molecule has 2 heterocycles. The first-order chi connectivity index (χ1) is 19.6. The number of ether oxygens (including phenoxy) is 3. The van der Waals surface area contributed by atoms with E-state index in [1.807, 2.05) is 18.7 Å². The Hall–Kier alpha value is -0.890. The largest absolute Gasteiger partial charge is 0.446 e. The van der Waals surface area contributed by atoms with Gasteiger partial charge in [0, 0.05) is 30.3 Å². The summed E-state index contributed by atoms with van der Waals surface area (Å²) in [5.41, 5.74) is -0.396. The molecule has 0 aromatic rings. The quantitative estimate of drug-likeness (QED) is 0.434. The fourth-order valence-electron chi connectivity index (χ4n) is 13.2. The molecule has 238 valence electrons. The van der Waals surface area contributed by atoms with Gasteiger partial charge >= 0.3 is 6.09 Å². The number of hydrogen-bond acceptors (Lipinski definition) is 6. The Morgan fingerprint density at radius 1 is 1.00 bits per heavy atom. The highest BCUT2D eigenvalue weighted by Gasteiger charge is 2.84. The van der Waals surface area contributed by atoms with Gasteiger partial charge in [-0.2, -0.15) is 0 Å². The lowest BCUT2D eigenvalue weighted by molar-refractivity contribution is -0.183. The van der Waals surface area contributed by atoms with Crippen molar-refractivity contribution in [3.8, 4) is 0 Å². The third kappa shape index (κ3) is 3.81. The maximum absolute atomic E-state index is 13.1. The third-order valence-electron chi connectivity index (χ3n) is 15.1. The van der Waals surface area contributed by atoms with Gasteiger partial charge in [0.1, 0.15) is 6.10 Å². The highest BCUT2D eigenvalue weighted by molar-refractivity contribution is 5.68. The molecule has 1 amide bonds. The summed E-state index contributed by atoms with van der Waals surface area (Å²) in [5, 5.41) is 22.9. The summed E-state index contributed by atoms with van der Waals surface area (Å²) in [6, 6.07) is 0. The van der Waals surface area contributed by atoms with Crippen LogP contribution in [-0.2, 0) is 14.2 Å². The minimum absolute atomic E-state index is 0.00327. The number of fused-ring (bicyclic) bond motifs is 4. The van der Waals surface area contributed by atoms with E-state index in [1.54, 1.807) is 0 Å². The number of hydrogen-bond donors (Lipinski definition) is 2. The van der Waals surface area contributed by atoms with Gasteiger partial charge in [-0.3, -0.25) is 0 Å². The molecule has 7 rings (SSSR count). The van der Waals surface area contributed by atoms with E-state index in [1.165, 1.54) is 12.8 Å². The molecule has 0 radical (unpaired) electrons. The molecule has 5 aliphatic carbocycles. The molecule has 2 saturated heterocycles. The number of carbonyl (C=O) groups excluding carboxylic acids is 1. The van der Waals surface area contributed by atoms with Crippen molar-refractivity contribution in [3.63, 3.8) is 0 Å². The van der Waals surface area contributed by atoms with E-state index in [-0.39, 0.29) is 46.1 Å².